The summed E-state index contributed by atoms with van der Waals surface area (Å²) < 4.78 is 7.88. The molecule has 0 saturated carbocycles. The van der Waals surface area contributed by atoms with Crippen molar-refractivity contribution in [3.8, 4) is 5.75 Å². The number of hydrogen-bond donors (Lipinski definition) is 1. The summed E-state index contributed by atoms with van der Waals surface area (Å²) in [6, 6.07) is 9.79. The fourth-order valence-electron chi connectivity index (χ4n) is 3.26. The number of amides is 1. The molecule has 0 saturated heterocycles. The van der Waals surface area contributed by atoms with Crippen LogP contribution in [0.1, 0.15) is 35.0 Å². The number of carbonyl (C=O) groups excluding carboxylic acids is 1. The highest BCUT2D eigenvalue weighted by Crippen LogP contribution is 2.27. The zero-order valence-corrected chi connectivity index (χ0v) is 20.0. The number of aromatic nitrogens is 3. The SMILES string of the molecule is CCn1c(COc2cc(C)c(Cl)c(C)c2)nnc1SCC(=O)Nc1ccc(C)cc1C. The Morgan fingerprint density at radius 3 is 2.45 bits per heavy atom. The van der Waals surface area contributed by atoms with Crippen molar-refractivity contribution in [3.63, 3.8) is 0 Å². The van der Waals surface area contributed by atoms with Crippen LogP contribution in [-0.4, -0.2) is 26.4 Å². The molecule has 0 spiro atoms. The number of aryl methyl sites for hydroxylation is 4. The first-order chi connectivity index (χ1) is 14.8. The fraction of sp³-hybridized carbons (Fsp3) is 0.348. The van der Waals surface area contributed by atoms with E-state index in [1.165, 1.54) is 17.3 Å². The molecule has 1 heterocycles. The van der Waals surface area contributed by atoms with Crippen molar-refractivity contribution in [3.05, 3.63) is 63.4 Å². The van der Waals surface area contributed by atoms with Gasteiger partial charge in [0.05, 0.1) is 5.75 Å². The zero-order valence-electron chi connectivity index (χ0n) is 18.5. The van der Waals surface area contributed by atoms with E-state index in [-0.39, 0.29) is 18.3 Å². The van der Waals surface area contributed by atoms with Crippen LogP contribution in [0, 0.1) is 27.7 Å². The van der Waals surface area contributed by atoms with Crippen molar-refractivity contribution >= 4 is 35.0 Å². The maximum absolute atomic E-state index is 12.4. The van der Waals surface area contributed by atoms with Crippen LogP contribution in [0.15, 0.2) is 35.5 Å². The zero-order chi connectivity index (χ0) is 22.5. The smallest absolute Gasteiger partial charge is 0.234 e. The number of anilines is 1. The summed E-state index contributed by atoms with van der Waals surface area (Å²) in [6.45, 7) is 10.9. The predicted molar refractivity (Wildman–Crippen MR) is 126 cm³/mol. The quantitative estimate of drug-likeness (QED) is 0.451. The predicted octanol–water partition coefficient (Wildman–Crippen LogP) is 5.49. The lowest BCUT2D eigenvalue weighted by molar-refractivity contribution is -0.113. The summed E-state index contributed by atoms with van der Waals surface area (Å²) in [5, 5.41) is 12.9. The molecule has 1 amide bonds. The molecule has 0 aliphatic carbocycles. The number of thioether (sulfide) groups is 1. The minimum absolute atomic E-state index is 0.0764. The van der Waals surface area contributed by atoms with Crippen LogP contribution in [0.3, 0.4) is 0 Å². The van der Waals surface area contributed by atoms with Crippen LogP contribution in [0.4, 0.5) is 5.69 Å². The van der Waals surface area contributed by atoms with Gasteiger partial charge in [0.1, 0.15) is 12.4 Å². The second-order valence-corrected chi connectivity index (χ2v) is 8.78. The second kappa shape index (κ2) is 10.2. The number of hydrogen-bond acceptors (Lipinski definition) is 5. The molecule has 164 valence electrons. The Kier molecular flexibility index (Phi) is 7.62. The highest BCUT2D eigenvalue weighted by Gasteiger charge is 2.15. The van der Waals surface area contributed by atoms with E-state index in [4.69, 9.17) is 16.3 Å². The van der Waals surface area contributed by atoms with Crippen LogP contribution in [0.25, 0.3) is 0 Å². The molecule has 1 aromatic heterocycles. The van der Waals surface area contributed by atoms with E-state index in [9.17, 15) is 4.79 Å². The lowest BCUT2D eigenvalue weighted by atomic mass is 10.1. The van der Waals surface area contributed by atoms with Crippen molar-refractivity contribution in [1.82, 2.24) is 14.8 Å². The molecule has 8 heteroatoms. The summed E-state index contributed by atoms with van der Waals surface area (Å²) in [7, 11) is 0. The molecule has 1 N–H and O–H groups in total. The van der Waals surface area contributed by atoms with E-state index < -0.39 is 0 Å². The molecular formula is C23H27ClN4O2S. The number of nitrogens with zero attached hydrogens (tertiary/aromatic N) is 3. The lowest BCUT2D eigenvalue weighted by Gasteiger charge is -2.11. The first-order valence-corrected chi connectivity index (χ1v) is 11.5. The van der Waals surface area contributed by atoms with Crippen LogP contribution < -0.4 is 10.1 Å². The molecule has 3 rings (SSSR count). The van der Waals surface area contributed by atoms with Gasteiger partial charge in [0.2, 0.25) is 5.91 Å². The van der Waals surface area contributed by atoms with Crippen molar-refractivity contribution in [2.24, 2.45) is 0 Å². The molecule has 0 radical (unpaired) electrons. The van der Waals surface area contributed by atoms with Gasteiger partial charge in [-0.15, -0.1) is 10.2 Å². The van der Waals surface area contributed by atoms with Crippen LogP contribution in [-0.2, 0) is 17.9 Å². The van der Waals surface area contributed by atoms with E-state index >= 15 is 0 Å². The van der Waals surface area contributed by atoms with Gasteiger partial charge in [-0.2, -0.15) is 0 Å². The summed E-state index contributed by atoms with van der Waals surface area (Å²) in [6.07, 6.45) is 0. The van der Waals surface area contributed by atoms with Crippen molar-refractivity contribution in [2.45, 2.75) is 52.9 Å². The van der Waals surface area contributed by atoms with Gasteiger partial charge in [-0.05, 0) is 69.5 Å². The number of benzene rings is 2. The molecule has 0 aliphatic rings. The highest BCUT2D eigenvalue weighted by molar-refractivity contribution is 7.99. The molecule has 3 aromatic rings. The highest BCUT2D eigenvalue weighted by atomic mass is 35.5. The Hall–Kier alpha value is -2.51. The third kappa shape index (κ3) is 5.80. The molecular weight excluding hydrogens is 432 g/mol. The van der Waals surface area contributed by atoms with E-state index in [0.29, 0.717) is 17.5 Å². The van der Waals surface area contributed by atoms with E-state index in [0.717, 1.165) is 33.1 Å². The molecule has 0 bridgehead atoms. The summed E-state index contributed by atoms with van der Waals surface area (Å²) >= 11 is 7.59. The number of carbonyl (C=O) groups is 1. The fourth-order valence-corrected chi connectivity index (χ4v) is 4.19. The molecule has 2 aromatic carbocycles. The van der Waals surface area contributed by atoms with Gasteiger partial charge in [0, 0.05) is 17.3 Å². The number of rotatable bonds is 8. The Balaban J connectivity index is 1.61. The summed E-state index contributed by atoms with van der Waals surface area (Å²) in [5.74, 6) is 1.63. The molecule has 0 aliphatic heterocycles. The molecule has 0 fully saturated rings. The number of ether oxygens (including phenoxy) is 1. The summed E-state index contributed by atoms with van der Waals surface area (Å²) in [4.78, 5) is 12.4. The van der Waals surface area contributed by atoms with E-state index in [1.54, 1.807) is 0 Å². The second-order valence-electron chi connectivity index (χ2n) is 7.46. The van der Waals surface area contributed by atoms with Gasteiger partial charge < -0.3 is 14.6 Å². The normalized spacial score (nSPS) is 10.9. The molecule has 0 unspecified atom stereocenters. The Bertz CT molecular complexity index is 1070. The Morgan fingerprint density at radius 1 is 1.10 bits per heavy atom. The molecule has 31 heavy (non-hydrogen) atoms. The molecule has 6 nitrogen and oxygen atoms in total. The first kappa shape index (κ1) is 23.2. The van der Waals surface area contributed by atoms with Crippen molar-refractivity contribution < 1.29 is 9.53 Å². The summed E-state index contributed by atoms with van der Waals surface area (Å²) in [5.41, 5.74) is 4.98. The van der Waals surface area contributed by atoms with Gasteiger partial charge in [-0.3, -0.25) is 4.79 Å². The van der Waals surface area contributed by atoms with Crippen molar-refractivity contribution in [1.29, 1.82) is 0 Å². The third-order valence-corrected chi connectivity index (χ3v) is 6.44. The average molecular weight is 459 g/mol. The van der Waals surface area contributed by atoms with Crippen LogP contribution in [0.2, 0.25) is 5.02 Å². The molecule has 0 atom stereocenters. The number of halogens is 1. The first-order valence-electron chi connectivity index (χ1n) is 10.1. The van der Waals surface area contributed by atoms with Crippen molar-refractivity contribution in [2.75, 3.05) is 11.1 Å². The largest absolute Gasteiger partial charge is 0.486 e. The van der Waals surface area contributed by atoms with E-state index in [1.807, 2.05) is 69.5 Å². The van der Waals surface area contributed by atoms with Gasteiger partial charge in [0.15, 0.2) is 11.0 Å². The van der Waals surface area contributed by atoms with Gasteiger partial charge >= 0.3 is 0 Å². The topological polar surface area (TPSA) is 69.0 Å². The average Bonchev–Trinajstić information content (AvgIpc) is 3.12. The Labute approximate surface area is 192 Å². The van der Waals surface area contributed by atoms with Crippen LogP contribution in [0.5, 0.6) is 5.75 Å². The number of nitrogens with one attached hydrogen (secondary N) is 1. The maximum Gasteiger partial charge on any atom is 0.234 e. The monoisotopic (exact) mass is 458 g/mol. The van der Waals surface area contributed by atoms with Gasteiger partial charge in [-0.1, -0.05) is 41.1 Å². The third-order valence-electron chi connectivity index (χ3n) is 4.88. The lowest BCUT2D eigenvalue weighted by Crippen LogP contribution is -2.15. The van der Waals surface area contributed by atoms with Crippen LogP contribution >= 0.6 is 23.4 Å². The van der Waals surface area contributed by atoms with E-state index in [2.05, 4.69) is 15.5 Å². The Morgan fingerprint density at radius 2 is 1.81 bits per heavy atom. The van der Waals surface area contributed by atoms with Gasteiger partial charge in [0.25, 0.3) is 0 Å². The van der Waals surface area contributed by atoms with Gasteiger partial charge in [-0.25, -0.2) is 0 Å². The maximum atomic E-state index is 12.4. The standard InChI is InChI=1S/C23H27ClN4O2S/c1-6-28-20(12-30-18-10-16(4)22(24)17(5)11-18)26-27-23(28)31-13-21(29)25-19-8-7-14(2)9-15(19)3/h7-11H,6,12-13H2,1-5H3,(H,25,29). The minimum atomic E-state index is -0.0764. The minimum Gasteiger partial charge on any atom is -0.486 e.